The molecule has 0 saturated heterocycles. The Balaban J connectivity index is 2.41. The van der Waals surface area contributed by atoms with Crippen LogP contribution in [0.15, 0.2) is 47.4 Å². The molecular weight excluding hydrogens is 284 g/mol. The molecule has 0 aromatic heterocycles. The first kappa shape index (κ1) is 13.7. The zero-order valence-corrected chi connectivity index (χ0v) is 11.8. The van der Waals surface area contributed by atoms with Crippen molar-refractivity contribution in [3.05, 3.63) is 53.1 Å². The highest BCUT2D eigenvalue weighted by atomic mass is 35.5. The van der Waals surface area contributed by atoms with E-state index in [1.807, 2.05) is 6.92 Å². The van der Waals surface area contributed by atoms with E-state index in [9.17, 15) is 8.42 Å². The predicted octanol–water partition coefficient (Wildman–Crippen LogP) is 3.03. The number of nitrogens with one attached hydrogen (secondary N) is 1. The number of para-hydroxylation sites is 2. The zero-order chi connectivity index (χ0) is 14.0. The van der Waals surface area contributed by atoms with Crippen LogP contribution >= 0.6 is 11.6 Å². The summed E-state index contributed by atoms with van der Waals surface area (Å²) in [7, 11) is -3.75. The van der Waals surface area contributed by atoms with Gasteiger partial charge in [0.25, 0.3) is 10.0 Å². The molecule has 0 bridgehead atoms. The third kappa shape index (κ3) is 3.00. The molecule has 0 heterocycles. The molecular formula is C13H13ClN2O2S. The summed E-state index contributed by atoms with van der Waals surface area (Å²) in [6, 6.07) is 11.4. The molecule has 0 aliphatic rings. The van der Waals surface area contributed by atoms with E-state index in [4.69, 9.17) is 17.3 Å². The van der Waals surface area contributed by atoms with E-state index in [0.717, 1.165) is 5.56 Å². The Morgan fingerprint density at radius 3 is 2.47 bits per heavy atom. The Hall–Kier alpha value is -1.72. The molecule has 0 saturated carbocycles. The average molecular weight is 297 g/mol. The van der Waals surface area contributed by atoms with Crippen LogP contribution in [0.5, 0.6) is 0 Å². The summed E-state index contributed by atoms with van der Waals surface area (Å²) in [5.41, 5.74) is 7.29. The van der Waals surface area contributed by atoms with Crippen LogP contribution in [0.4, 0.5) is 11.4 Å². The molecule has 2 aromatic rings. The number of benzene rings is 2. The van der Waals surface area contributed by atoms with Gasteiger partial charge in [-0.05, 0) is 36.8 Å². The smallest absolute Gasteiger partial charge is 0.263 e. The number of nitrogens with two attached hydrogens (primary N) is 1. The summed E-state index contributed by atoms with van der Waals surface area (Å²) in [5.74, 6) is 0. The summed E-state index contributed by atoms with van der Waals surface area (Å²) in [5, 5.41) is 0.182. The van der Waals surface area contributed by atoms with E-state index < -0.39 is 10.0 Å². The average Bonchev–Trinajstić information content (AvgIpc) is 2.31. The van der Waals surface area contributed by atoms with Crippen LogP contribution in [-0.2, 0) is 10.0 Å². The van der Waals surface area contributed by atoms with E-state index in [0.29, 0.717) is 11.4 Å². The summed E-state index contributed by atoms with van der Waals surface area (Å²) >= 11 is 5.97. The maximum absolute atomic E-state index is 12.2. The minimum Gasteiger partial charge on any atom is -0.397 e. The second-order valence-electron chi connectivity index (χ2n) is 4.13. The molecule has 6 heteroatoms. The molecule has 4 nitrogen and oxygen atoms in total. The van der Waals surface area contributed by atoms with Crippen molar-refractivity contribution in [2.24, 2.45) is 0 Å². The van der Waals surface area contributed by atoms with Crippen molar-refractivity contribution >= 4 is 33.0 Å². The van der Waals surface area contributed by atoms with Crippen molar-refractivity contribution in [1.29, 1.82) is 0 Å². The second-order valence-corrected chi connectivity index (χ2v) is 6.18. The van der Waals surface area contributed by atoms with Crippen molar-refractivity contribution in [3.8, 4) is 0 Å². The Kier molecular flexibility index (Phi) is 3.68. The normalized spacial score (nSPS) is 11.3. The van der Waals surface area contributed by atoms with Gasteiger partial charge in [0.1, 0.15) is 4.90 Å². The summed E-state index contributed by atoms with van der Waals surface area (Å²) in [4.78, 5) is 0.0306. The lowest BCUT2D eigenvalue weighted by atomic mass is 10.2. The molecule has 0 amide bonds. The maximum Gasteiger partial charge on any atom is 0.263 e. The van der Waals surface area contributed by atoms with Crippen molar-refractivity contribution in [3.63, 3.8) is 0 Å². The molecule has 100 valence electrons. The van der Waals surface area contributed by atoms with Gasteiger partial charge >= 0.3 is 0 Å². The van der Waals surface area contributed by atoms with E-state index in [1.54, 1.807) is 36.4 Å². The van der Waals surface area contributed by atoms with Gasteiger partial charge in [0.2, 0.25) is 0 Å². The predicted molar refractivity (Wildman–Crippen MR) is 77.9 cm³/mol. The highest BCUT2D eigenvalue weighted by Gasteiger charge is 2.18. The van der Waals surface area contributed by atoms with Crippen LogP contribution < -0.4 is 10.5 Å². The van der Waals surface area contributed by atoms with Crippen molar-refractivity contribution in [2.45, 2.75) is 11.8 Å². The van der Waals surface area contributed by atoms with Crippen LogP contribution in [0, 0.1) is 6.92 Å². The quantitative estimate of drug-likeness (QED) is 0.855. The summed E-state index contributed by atoms with van der Waals surface area (Å²) in [6.45, 7) is 1.84. The Labute approximate surface area is 117 Å². The highest BCUT2D eigenvalue weighted by Crippen LogP contribution is 2.26. The molecule has 0 aliphatic carbocycles. The van der Waals surface area contributed by atoms with Gasteiger partial charge in [0, 0.05) is 0 Å². The maximum atomic E-state index is 12.2. The van der Waals surface area contributed by atoms with Gasteiger partial charge in [-0.3, -0.25) is 4.72 Å². The van der Waals surface area contributed by atoms with Gasteiger partial charge < -0.3 is 5.73 Å². The molecule has 2 aromatic carbocycles. The first-order valence-corrected chi connectivity index (χ1v) is 7.40. The minimum absolute atomic E-state index is 0.0306. The van der Waals surface area contributed by atoms with E-state index in [-0.39, 0.29) is 9.92 Å². The number of sulfonamides is 1. The largest absolute Gasteiger partial charge is 0.397 e. The standard InChI is InChI=1S/C13H13ClN2O2S/c1-9-6-7-13(10(14)8-9)19(17,18)16-12-5-3-2-4-11(12)15/h2-8,16H,15H2,1H3. The number of hydrogen-bond acceptors (Lipinski definition) is 3. The first-order valence-electron chi connectivity index (χ1n) is 5.53. The second kappa shape index (κ2) is 5.11. The van der Waals surface area contributed by atoms with Crippen molar-refractivity contribution in [2.75, 3.05) is 10.5 Å². The molecule has 0 unspecified atom stereocenters. The van der Waals surface area contributed by atoms with Crippen LogP contribution in [0.25, 0.3) is 0 Å². The first-order chi connectivity index (χ1) is 8.90. The lowest BCUT2D eigenvalue weighted by Crippen LogP contribution is -2.14. The van der Waals surface area contributed by atoms with Gasteiger partial charge in [-0.25, -0.2) is 8.42 Å². The monoisotopic (exact) mass is 296 g/mol. The van der Waals surface area contributed by atoms with E-state index >= 15 is 0 Å². The topological polar surface area (TPSA) is 72.2 Å². The minimum atomic E-state index is -3.75. The molecule has 19 heavy (non-hydrogen) atoms. The SMILES string of the molecule is Cc1ccc(S(=O)(=O)Nc2ccccc2N)c(Cl)c1. The van der Waals surface area contributed by atoms with Crippen LogP contribution in [-0.4, -0.2) is 8.42 Å². The zero-order valence-electron chi connectivity index (χ0n) is 10.2. The number of anilines is 2. The Morgan fingerprint density at radius 2 is 1.84 bits per heavy atom. The van der Waals surface area contributed by atoms with Crippen molar-refractivity contribution in [1.82, 2.24) is 0 Å². The highest BCUT2D eigenvalue weighted by molar-refractivity contribution is 7.92. The van der Waals surface area contributed by atoms with Gasteiger partial charge in [-0.1, -0.05) is 29.8 Å². The molecule has 0 fully saturated rings. The van der Waals surface area contributed by atoms with Crippen LogP contribution in [0.3, 0.4) is 0 Å². The van der Waals surface area contributed by atoms with Gasteiger partial charge in [-0.2, -0.15) is 0 Å². The Bertz CT molecular complexity index is 714. The third-order valence-electron chi connectivity index (χ3n) is 2.58. The lowest BCUT2D eigenvalue weighted by molar-refractivity contribution is 0.601. The fourth-order valence-corrected chi connectivity index (χ4v) is 3.30. The Morgan fingerprint density at radius 1 is 1.16 bits per heavy atom. The fourth-order valence-electron chi connectivity index (χ4n) is 1.61. The number of aryl methyl sites for hydroxylation is 1. The molecule has 0 aliphatic heterocycles. The van der Waals surface area contributed by atoms with Crippen LogP contribution in [0.1, 0.15) is 5.56 Å². The number of halogens is 1. The fraction of sp³-hybridized carbons (Fsp3) is 0.0769. The number of rotatable bonds is 3. The molecule has 0 radical (unpaired) electrons. The third-order valence-corrected chi connectivity index (χ3v) is 4.43. The molecule has 0 spiro atoms. The van der Waals surface area contributed by atoms with E-state index in [2.05, 4.69) is 4.72 Å². The molecule has 3 N–H and O–H groups in total. The summed E-state index contributed by atoms with van der Waals surface area (Å²) < 4.78 is 26.9. The lowest BCUT2D eigenvalue weighted by Gasteiger charge is -2.11. The number of nitrogen functional groups attached to an aromatic ring is 1. The van der Waals surface area contributed by atoms with Gasteiger partial charge in [0.15, 0.2) is 0 Å². The number of hydrogen-bond donors (Lipinski definition) is 2. The molecule has 2 rings (SSSR count). The van der Waals surface area contributed by atoms with Crippen LogP contribution in [0.2, 0.25) is 5.02 Å². The van der Waals surface area contributed by atoms with E-state index in [1.165, 1.54) is 6.07 Å². The van der Waals surface area contributed by atoms with Crippen molar-refractivity contribution < 1.29 is 8.42 Å². The van der Waals surface area contributed by atoms with Gasteiger partial charge in [0.05, 0.1) is 16.4 Å². The van der Waals surface area contributed by atoms with Gasteiger partial charge in [-0.15, -0.1) is 0 Å². The summed E-state index contributed by atoms with van der Waals surface area (Å²) in [6.07, 6.45) is 0. The molecule has 0 atom stereocenters.